The molecule has 0 saturated heterocycles. The van der Waals surface area contributed by atoms with Gasteiger partial charge in [-0.2, -0.15) is 20.1 Å². The zero-order valence-corrected chi connectivity index (χ0v) is 11.0. The molecule has 0 aromatic carbocycles. The zero-order valence-electron chi connectivity index (χ0n) is 10.2. The molecule has 0 radical (unpaired) electrons. The second-order valence-corrected chi connectivity index (χ2v) is 4.35. The average molecular weight is 266 g/mol. The molecule has 0 amide bonds. The number of nitrogens with zero attached hydrogens (tertiary/aromatic N) is 5. The Hall–Kier alpha value is -1.67. The lowest BCUT2D eigenvalue weighted by atomic mass is 10.7. The number of methoxy groups -OCH3 is 1. The molecule has 2 heterocycles. The van der Waals surface area contributed by atoms with E-state index >= 15 is 0 Å². The van der Waals surface area contributed by atoms with Crippen molar-refractivity contribution in [2.24, 2.45) is 0 Å². The Morgan fingerprint density at radius 3 is 2.94 bits per heavy atom. The third-order valence-corrected chi connectivity index (χ3v) is 2.87. The van der Waals surface area contributed by atoms with E-state index in [1.54, 1.807) is 31.2 Å². The van der Waals surface area contributed by atoms with Crippen molar-refractivity contribution in [1.29, 1.82) is 0 Å². The Morgan fingerprint density at radius 1 is 1.39 bits per heavy atom. The summed E-state index contributed by atoms with van der Waals surface area (Å²) in [5.74, 6) is 1.82. The zero-order chi connectivity index (χ0) is 12.8. The van der Waals surface area contributed by atoms with Crippen LogP contribution in [0.15, 0.2) is 23.6 Å². The van der Waals surface area contributed by atoms with E-state index in [0.717, 1.165) is 5.75 Å². The fraction of sp³-hybridized carbons (Fsp3) is 0.400. The van der Waals surface area contributed by atoms with Crippen molar-refractivity contribution < 1.29 is 4.74 Å². The molecule has 0 fully saturated rings. The highest BCUT2D eigenvalue weighted by Crippen LogP contribution is 2.15. The van der Waals surface area contributed by atoms with Crippen molar-refractivity contribution in [1.82, 2.24) is 24.7 Å². The van der Waals surface area contributed by atoms with Gasteiger partial charge in [0.15, 0.2) is 5.16 Å². The highest BCUT2D eigenvalue weighted by molar-refractivity contribution is 7.99. The standard InChI is InChI=1S/C10H14N6OS/c1-11-8-13-9(16-5-3-4-12-16)15-10(14-8)18-7-6-17-2/h3-5H,6-7H2,1-2H3,(H,11,13,14,15). The van der Waals surface area contributed by atoms with Crippen LogP contribution in [0, 0.1) is 0 Å². The van der Waals surface area contributed by atoms with E-state index in [1.165, 1.54) is 11.8 Å². The average Bonchev–Trinajstić information content (AvgIpc) is 2.92. The normalized spacial score (nSPS) is 10.6. The van der Waals surface area contributed by atoms with Crippen LogP contribution in [-0.4, -0.2) is 51.2 Å². The molecular formula is C10H14N6OS. The molecule has 0 aliphatic rings. The van der Waals surface area contributed by atoms with E-state index in [9.17, 15) is 0 Å². The van der Waals surface area contributed by atoms with Gasteiger partial charge in [-0.3, -0.25) is 0 Å². The first-order valence-corrected chi connectivity index (χ1v) is 6.37. The molecule has 0 aliphatic carbocycles. The van der Waals surface area contributed by atoms with E-state index < -0.39 is 0 Å². The van der Waals surface area contributed by atoms with E-state index in [2.05, 4.69) is 25.4 Å². The van der Waals surface area contributed by atoms with Crippen LogP contribution in [0.25, 0.3) is 5.95 Å². The molecule has 0 saturated carbocycles. The SMILES string of the molecule is CNc1nc(SCCOC)nc(-n2cccn2)n1. The van der Waals surface area contributed by atoms with Crippen LogP contribution in [0.1, 0.15) is 0 Å². The molecule has 18 heavy (non-hydrogen) atoms. The fourth-order valence-electron chi connectivity index (χ4n) is 1.23. The molecule has 1 N–H and O–H groups in total. The smallest absolute Gasteiger partial charge is 0.256 e. The Labute approximate surface area is 109 Å². The van der Waals surface area contributed by atoms with E-state index in [-0.39, 0.29) is 0 Å². The van der Waals surface area contributed by atoms with Crippen LogP contribution >= 0.6 is 11.8 Å². The highest BCUT2D eigenvalue weighted by Gasteiger charge is 2.07. The molecule has 8 heteroatoms. The lowest BCUT2D eigenvalue weighted by Crippen LogP contribution is -2.08. The van der Waals surface area contributed by atoms with Crippen molar-refractivity contribution >= 4 is 17.7 Å². The summed E-state index contributed by atoms with van der Waals surface area (Å²) in [5.41, 5.74) is 0. The molecule has 2 rings (SSSR count). The van der Waals surface area contributed by atoms with Crippen LogP contribution in [0.2, 0.25) is 0 Å². The summed E-state index contributed by atoms with van der Waals surface area (Å²) in [4.78, 5) is 12.9. The van der Waals surface area contributed by atoms with Crippen molar-refractivity contribution in [2.45, 2.75) is 5.16 Å². The first-order valence-electron chi connectivity index (χ1n) is 5.39. The summed E-state index contributed by atoms with van der Waals surface area (Å²) in [6, 6.07) is 1.82. The lowest BCUT2D eigenvalue weighted by molar-refractivity contribution is 0.218. The number of hydrogen-bond acceptors (Lipinski definition) is 7. The number of thioether (sulfide) groups is 1. The molecule has 0 bridgehead atoms. The second-order valence-electron chi connectivity index (χ2n) is 3.28. The van der Waals surface area contributed by atoms with Gasteiger partial charge in [-0.05, 0) is 6.07 Å². The molecule has 0 spiro atoms. The predicted octanol–water partition coefficient (Wildman–Crippen LogP) is 0.837. The van der Waals surface area contributed by atoms with Gasteiger partial charge in [-0.15, -0.1) is 0 Å². The van der Waals surface area contributed by atoms with Crippen molar-refractivity contribution in [2.75, 3.05) is 31.8 Å². The van der Waals surface area contributed by atoms with Gasteiger partial charge in [-0.25, -0.2) is 4.68 Å². The van der Waals surface area contributed by atoms with E-state index in [4.69, 9.17) is 4.74 Å². The molecule has 2 aromatic heterocycles. The molecule has 0 unspecified atom stereocenters. The van der Waals surface area contributed by atoms with Gasteiger partial charge >= 0.3 is 0 Å². The maximum atomic E-state index is 5.00. The fourth-order valence-corrected chi connectivity index (χ4v) is 1.96. The Kier molecular flexibility index (Phi) is 4.48. The maximum Gasteiger partial charge on any atom is 0.256 e. The van der Waals surface area contributed by atoms with Gasteiger partial charge < -0.3 is 10.1 Å². The first kappa shape index (κ1) is 12.8. The van der Waals surface area contributed by atoms with E-state index in [1.807, 2.05) is 6.07 Å². The minimum Gasteiger partial charge on any atom is -0.384 e. The molecule has 2 aromatic rings. The first-order chi connectivity index (χ1) is 8.83. The van der Waals surface area contributed by atoms with Crippen LogP contribution in [0.5, 0.6) is 0 Å². The Bertz CT molecular complexity index is 489. The number of hydrogen-bond donors (Lipinski definition) is 1. The van der Waals surface area contributed by atoms with Crippen molar-refractivity contribution in [3.8, 4) is 5.95 Å². The second kappa shape index (κ2) is 6.31. The largest absolute Gasteiger partial charge is 0.384 e. The van der Waals surface area contributed by atoms with Gasteiger partial charge in [0.05, 0.1) is 6.61 Å². The summed E-state index contributed by atoms with van der Waals surface area (Å²) in [5, 5.41) is 7.66. The van der Waals surface area contributed by atoms with Crippen LogP contribution in [-0.2, 0) is 4.74 Å². The summed E-state index contributed by atoms with van der Waals surface area (Å²) in [6.45, 7) is 0.655. The van der Waals surface area contributed by atoms with Gasteiger partial charge in [0.2, 0.25) is 5.95 Å². The summed E-state index contributed by atoms with van der Waals surface area (Å²) < 4.78 is 6.60. The topological polar surface area (TPSA) is 77.8 Å². The van der Waals surface area contributed by atoms with Gasteiger partial charge in [0.25, 0.3) is 5.95 Å². The molecule has 0 aliphatic heterocycles. The summed E-state index contributed by atoms with van der Waals surface area (Å²) in [7, 11) is 3.44. The van der Waals surface area contributed by atoms with Gasteiger partial charge in [0, 0.05) is 32.3 Å². The lowest BCUT2D eigenvalue weighted by Gasteiger charge is -2.05. The Balaban J connectivity index is 2.22. The highest BCUT2D eigenvalue weighted by atomic mass is 32.2. The van der Waals surface area contributed by atoms with Crippen LogP contribution in [0.3, 0.4) is 0 Å². The van der Waals surface area contributed by atoms with Gasteiger partial charge in [0.1, 0.15) is 0 Å². The molecule has 96 valence electrons. The van der Waals surface area contributed by atoms with Crippen molar-refractivity contribution in [3.05, 3.63) is 18.5 Å². The molecule has 0 atom stereocenters. The number of nitrogens with one attached hydrogen (secondary N) is 1. The monoisotopic (exact) mass is 266 g/mol. The summed E-state index contributed by atoms with van der Waals surface area (Å²) in [6.07, 6.45) is 3.47. The minimum absolute atomic E-state index is 0.499. The molecule has 7 nitrogen and oxygen atoms in total. The third-order valence-electron chi connectivity index (χ3n) is 2.05. The maximum absolute atomic E-state index is 5.00. The Morgan fingerprint density at radius 2 is 2.28 bits per heavy atom. The van der Waals surface area contributed by atoms with Crippen LogP contribution < -0.4 is 5.32 Å². The number of ether oxygens (including phenoxy) is 1. The van der Waals surface area contributed by atoms with Gasteiger partial charge in [-0.1, -0.05) is 11.8 Å². The third kappa shape index (κ3) is 3.17. The number of anilines is 1. The van der Waals surface area contributed by atoms with E-state index in [0.29, 0.717) is 23.7 Å². The minimum atomic E-state index is 0.499. The quantitative estimate of drug-likeness (QED) is 0.613. The number of aromatic nitrogens is 5. The molecular weight excluding hydrogens is 252 g/mol. The summed E-state index contributed by atoms with van der Waals surface area (Å²) >= 11 is 1.52. The van der Waals surface area contributed by atoms with Crippen LogP contribution in [0.4, 0.5) is 5.95 Å². The predicted molar refractivity (Wildman–Crippen MR) is 69.1 cm³/mol. The van der Waals surface area contributed by atoms with Crippen molar-refractivity contribution in [3.63, 3.8) is 0 Å². The number of rotatable bonds is 6.